The zero-order valence-electron chi connectivity index (χ0n) is 11.1. The maximum absolute atomic E-state index is 12.8. The Hall–Kier alpha value is -2.39. The summed E-state index contributed by atoms with van der Waals surface area (Å²) in [5.74, 6) is 0.258. The normalized spacial score (nSPS) is 11.4. The molecule has 0 bridgehead atoms. The van der Waals surface area contributed by atoms with Gasteiger partial charge in [-0.3, -0.25) is 0 Å². The van der Waals surface area contributed by atoms with Gasteiger partial charge in [0.25, 0.3) is 0 Å². The molecule has 0 amide bonds. The number of alkyl halides is 3. The van der Waals surface area contributed by atoms with Gasteiger partial charge in [-0.05, 0) is 6.42 Å². The van der Waals surface area contributed by atoms with Gasteiger partial charge in [0.05, 0.1) is 6.54 Å². The van der Waals surface area contributed by atoms with Crippen LogP contribution in [0, 0.1) is 0 Å². The van der Waals surface area contributed by atoms with E-state index in [9.17, 15) is 13.2 Å². The number of hydrogen-bond donors (Lipinski definition) is 2. The Kier molecular flexibility index (Phi) is 4.55. The number of nitrogens with zero attached hydrogens (tertiary/aromatic N) is 4. The lowest BCUT2D eigenvalue weighted by molar-refractivity contribution is -0.141. The van der Waals surface area contributed by atoms with Crippen LogP contribution in [0.2, 0.25) is 0 Å². The third-order valence-corrected chi connectivity index (χ3v) is 2.38. The number of aromatic nitrogens is 4. The molecule has 0 spiro atoms. The monoisotopic (exact) mass is 302 g/mol. The van der Waals surface area contributed by atoms with Crippen LogP contribution in [0.3, 0.4) is 0 Å². The molecular formula is C11H13F3N6O. The second-order valence-corrected chi connectivity index (χ2v) is 4.09. The summed E-state index contributed by atoms with van der Waals surface area (Å²) < 4.78 is 42.9. The molecule has 2 N–H and O–H groups in total. The average Bonchev–Trinajstić information content (AvgIpc) is 2.95. The van der Waals surface area contributed by atoms with Crippen LogP contribution in [-0.2, 0) is 12.7 Å². The van der Waals surface area contributed by atoms with Crippen molar-refractivity contribution in [2.75, 3.05) is 17.2 Å². The van der Waals surface area contributed by atoms with E-state index < -0.39 is 11.9 Å². The zero-order valence-corrected chi connectivity index (χ0v) is 11.1. The second-order valence-electron chi connectivity index (χ2n) is 4.09. The zero-order chi connectivity index (χ0) is 15.3. The fourth-order valence-corrected chi connectivity index (χ4v) is 1.44. The van der Waals surface area contributed by atoms with Crippen molar-refractivity contribution in [1.29, 1.82) is 0 Å². The first kappa shape index (κ1) is 15.0. The maximum atomic E-state index is 12.8. The van der Waals surface area contributed by atoms with E-state index in [2.05, 4.69) is 35.3 Å². The van der Waals surface area contributed by atoms with E-state index in [0.717, 1.165) is 18.9 Å². The quantitative estimate of drug-likeness (QED) is 0.846. The van der Waals surface area contributed by atoms with E-state index in [0.29, 0.717) is 12.4 Å². The molecule has 114 valence electrons. The van der Waals surface area contributed by atoms with E-state index in [1.165, 1.54) is 0 Å². The van der Waals surface area contributed by atoms with Gasteiger partial charge in [0.1, 0.15) is 5.82 Å². The van der Waals surface area contributed by atoms with Crippen molar-refractivity contribution in [3.63, 3.8) is 0 Å². The molecule has 0 saturated heterocycles. The molecule has 0 aromatic carbocycles. The van der Waals surface area contributed by atoms with E-state index in [1.54, 1.807) is 0 Å². The predicted octanol–water partition coefficient (Wildman–Crippen LogP) is 2.31. The summed E-state index contributed by atoms with van der Waals surface area (Å²) in [6, 6.07) is 0.831. The van der Waals surface area contributed by atoms with Crippen molar-refractivity contribution in [2.45, 2.75) is 26.1 Å². The number of anilines is 2. The molecule has 2 heterocycles. The van der Waals surface area contributed by atoms with Crippen LogP contribution in [0.1, 0.15) is 24.9 Å². The Morgan fingerprint density at radius 3 is 2.67 bits per heavy atom. The highest BCUT2D eigenvalue weighted by Crippen LogP contribution is 2.29. The largest absolute Gasteiger partial charge is 0.433 e. The molecule has 0 fully saturated rings. The molecule has 2 rings (SSSR count). The van der Waals surface area contributed by atoms with Crippen molar-refractivity contribution in [2.24, 2.45) is 0 Å². The molecule has 10 heteroatoms. The van der Waals surface area contributed by atoms with Gasteiger partial charge in [0.15, 0.2) is 11.5 Å². The summed E-state index contributed by atoms with van der Waals surface area (Å²) in [5, 5.41) is 8.97. The van der Waals surface area contributed by atoms with Crippen LogP contribution in [0.15, 0.2) is 17.0 Å². The second kappa shape index (κ2) is 6.37. The minimum absolute atomic E-state index is 0.0285. The third-order valence-electron chi connectivity index (χ3n) is 2.38. The van der Waals surface area contributed by atoms with Gasteiger partial charge in [0.2, 0.25) is 12.3 Å². The van der Waals surface area contributed by atoms with Crippen LogP contribution >= 0.6 is 0 Å². The lowest BCUT2D eigenvalue weighted by atomic mass is 10.3. The summed E-state index contributed by atoms with van der Waals surface area (Å²) >= 11 is 0. The Labute approximate surface area is 118 Å². The summed E-state index contributed by atoms with van der Waals surface area (Å²) in [6.07, 6.45) is -2.67. The van der Waals surface area contributed by atoms with Gasteiger partial charge in [-0.25, -0.2) is 4.98 Å². The summed E-state index contributed by atoms with van der Waals surface area (Å²) in [4.78, 5) is 11.2. The minimum atomic E-state index is -4.55. The first-order valence-corrected chi connectivity index (χ1v) is 6.18. The first-order chi connectivity index (χ1) is 9.99. The summed E-state index contributed by atoms with van der Waals surface area (Å²) in [6.45, 7) is 2.46. The molecule has 21 heavy (non-hydrogen) atoms. The van der Waals surface area contributed by atoms with E-state index >= 15 is 0 Å². The van der Waals surface area contributed by atoms with Gasteiger partial charge < -0.3 is 15.2 Å². The highest BCUT2D eigenvalue weighted by atomic mass is 19.4. The number of halogens is 3. The first-order valence-electron chi connectivity index (χ1n) is 6.18. The molecule has 2 aromatic rings. The van der Waals surface area contributed by atoms with E-state index in [4.69, 9.17) is 0 Å². The Morgan fingerprint density at radius 1 is 1.24 bits per heavy atom. The maximum Gasteiger partial charge on any atom is 0.433 e. The van der Waals surface area contributed by atoms with E-state index in [-0.39, 0.29) is 18.3 Å². The average molecular weight is 302 g/mol. The lowest BCUT2D eigenvalue weighted by Crippen LogP contribution is -2.14. The Bertz CT molecular complexity index is 572. The molecule has 0 aliphatic carbocycles. The van der Waals surface area contributed by atoms with Crippen molar-refractivity contribution in [1.82, 2.24) is 20.1 Å². The third kappa shape index (κ3) is 4.29. The van der Waals surface area contributed by atoms with Gasteiger partial charge >= 0.3 is 6.18 Å². The molecule has 0 unspecified atom stereocenters. The standard InChI is InChI=1S/C11H13F3N6O/c1-2-3-15-10-18-7(11(12,13)14)4-8(19-10)16-5-9-17-6-21-20-9/h4,6H,2-3,5H2,1H3,(H2,15,16,18,19). The molecule has 7 nitrogen and oxygen atoms in total. The molecule has 0 radical (unpaired) electrons. The number of hydrogen-bond acceptors (Lipinski definition) is 7. The summed E-state index contributed by atoms with van der Waals surface area (Å²) in [5.41, 5.74) is -1.02. The van der Waals surface area contributed by atoms with Gasteiger partial charge in [-0.1, -0.05) is 12.1 Å². The van der Waals surface area contributed by atoms with Crippen molar-refractivity contribution < 1.29 is 17.7 Å². The van der Waals surface area contributed by atoms with E-state index in [1.807, 2.05) is 6.92 Å². The lowest BCUT2D eigenvalue weighted by Gasteiger charge is -2.11. The minimum Gasteiger partial charge on any atom is -0.362 e. The molecule has 0 aliphatic heterocycles. The summed E-state index contributed by atoms with van der Waals surface area (Å²) in [7, 11) is 0. The topological polar surface area (TPSA) is 88.8 Å². The highest BCUT2D eigenvalue weighted by molar-refractivity contribution is 5.43. The molecule has 2 aromatic heterocycles. The SMILES string of the molecule is CCCNc1nc(NCc2ncon2)cc(C(F)(F)F)n1. The molecule has 0 aliphatic rings. The van der Waals surface area contributed by atoms with Crippen LogP contribution in [0.4, 0.5) is 24.9 Å². The fraction of sp³-hybridized carbons (Fsp3) is 0.455. The van der Waals surface area contributed by atoms with Crippen LogP contribution in [0.25, 0.3) is 0 Å². The smallest absolute Gasteiger partial charge is 0.362 e. The molecular weight excluding hydrogens is 289 g/mol. The van der Waals surface area contributed by atoms with Crippen molar-refractivity contribution in [3.05, 3.63) is 24.0 Å². The van der Waals surface area contributed by atoms with Crippen molar-refractivity contribution >= 4 is 11.8 Å². The highest BCUT2D eigenvalue weighted by Gasteiger charge is 2.33. The van der Waals surface area contributed by atoms with Crippen LogP contribution in [-0.4, -0.2) is 26.7 Å². The molecule has 0 atom stereocenters. The Morgan fingerprint density at radius 2 is 2.05 bits per heavy atom. The van der Waals surface area contributed by atoms with Gasteiger partial charge in [-0.15, -0.1) is 0 Å². The number of nitrogens with one attached hydrogen (secondary N) is 2. The molecule has 0 saturated carbocycles. The van der Waals surface area contributed by atoms with Crippen molar-refractivity contribution in [3.8, 4) is 0 Å². The van der Waals surface area contributed by atoms with Crippen LogP contribution < -0.4 is 10.6 Å². The van der Waals surface area contributed by atoms with Gasteiger partial charge in [-0.2, -0.15) is 23.1 Å². The predicted molar refractivity (Wildman–Crippen MR) is 67.4 cm³/mol. The fourth-order valence-electron chi connectivity index (χ4n) is 1.44. The van der Waals surface area contributed by atoms with Gasteiger partial charge in [0, 0.05) is 12.6 Å². The van der Waals surface area contributed by atoms with Crippen LogP contribution in [0.5, 0.6) is 0 Å². The Balaban J connectivity index is 2.17. The number of rotatable bonds is 6.